The van der Waals surface area contributed by atoms with Crippen molar-refractivity contribution in [1.29, 1.82) is 0 Å². The van der Waals surface area contributed by atoms with Gasteiger partial charge in [0.15, 0.2) is 0 Å². The zero-order chi connectivity index (χ0) is 26.4. The van der Waals surface area contributed by atoms with E-state index in [-0.39, 0.29) is 44.6 Å². The normalized spacial score (nSPS) is 13.7. The first kappa shape index (κ1) is 25.7. The van der Waals surface area contributed by atoms with E-state index in [1.807, 2.05) is 20.8 Å². The van der Waals surface area contributed by atoms with Crippen LogP contribution in [0.25, 0.3) is 0 Å². The van der Waals surface area contributed by atoms with Gasteiger partial charge in [-0.2, -0.15) is 0 Å². The molecule has 10 heteroatoms. The summed E-state index contributed by atoms with van der Waals surface area (Å²) in [4.78, 5) is 31.9. The van der Waals surface area contributed by atoms with Crippen LogP contribution >= 0.6 is 11.6 Å². The molecule has 2 heterocycles. The molecule has 8 nitrogen and oxygen atoms in total. The van der Waals surface area contributed by atoms with Crippen LogP contribution in [0.4, 0.5) is 5.69 Å². The second-order valence-corrected chi connectivity index (χ2v) is 11.6. The van der Waals surface area contributed by atoms with E-state index in [0.717, 1.165) is 10.5 Å². The number of aromatic nitrogens is 1. The van der Waals surface area contributed by atoms with Crippen molar-refractivity contribution in [3.05, 3.63) is 81.5 Å². The SMILES string of the molecule is COc1nc(C)ccc1CN1C(=O)c2c(Cl)ccc(NS(=O)(=O)c3ccc(C(C)(C)C)cc3)c2C1=O. The van der Waals surface area contributed by atoms with E-state index in [0.29, 0.717) is 11.3 Å². The van der Waals surface area contributed by atoms with E-state index in [9.17, 15) is 18.0 Å². The predicted octanol–water partition coefficient (Wildman–Crippen LogP) is 4.95. The van der Waals surface area contributed by atoms with Gasteiger partial charge in [-0.05, 0) is 48.2 Å². The third kappa shape index (κ3) is 4.68. The van der Waals surface area contributed by atoms with Crippen LogP contribution in [0.2, 0.25) is 5.02 Å². The second-order valence-electron chi connectivity index (χ2n) is 9.54. The molecular formula is C26H26ClN3O5S. The minimum Gasteiger partial charge on any atom is -0.481 e. The van der Waals surface area contributed by atoms with E-state index in [1.54, 1.807) is 31.2 Å². The number of amides is 2. The highest BCUT2D eigenvalue weighted by molar-refractivity contribution is 7.92. The van der Waals surface area contributed by atoms with E-state index < -0.39 is 21.8 Å². The molecule has 1 aliphatic heterocycles. The molecule has 0 radical (unpaired) electrons. The molecule has 1 aromatic heterocycles. The summed E-state index contributed by atoms with van der Waals surface area (Å²) in [6.45, 7) is 7.77. The quantitative estimate of drug-likeness (QED) is 0.455. The molecule has 2 aromatic carbocycles. The van der Waals surface area contributed by atoms with Gasteiger partial charge in [-0.15, -0.1) is 0 Å². The largest absolute Gasteiger partial charge is 0.481 e. The monoisotopic (exact) mass is 527 g/mol. The second kappa shape index (κ2) is 9.22. The van der Waals surface area contributed by atoms with Crippen LogP contribution in [0.1, 0.15) is 58.3 Å². The lowest BCUT2D eigenvalue weighted by Gasteiger charge is -2.19. The lowest BCUT2D eigenvalue weighted by atomic mass is 9.87. The third-order valence-electron chi connectivity index (χ3n) is 5.95. The summed E-state index contributed by atoms with van der Waals surface area (Å²) in [6, 6.07) is 12.8. The molecule has 3 aromatic rings. The number of hydrogen-bond acceptors (Lipinski definition) is 6. The maximum absolute atomic E-state index is 13.4. The fraction of sp³-hybridized carbons (Fsp3) is 0.269. The summed E-state index contributed by atoms with van der Waals surface area (Å²) in [5, 5.41) is 0.0531. The van der Waals surface area contributed by atoms with Gasteiger partial charge < -0.3 is 4.74 Å². The number of benzene rings is 2. The van der Waals surface area contributed by atoms with Crippen molar-refractivity contribution in [3.63, 3.8) is 0 Å². The Bertz CT molecular complexity index is 1480. The molecule has 1 N–H and O–H groups in total. The summed E-state index contributed by atoms with van der Waals surface area (Å²) in [6.07, 6.45) is 0. The Balaban J connectivity index is 1.68. The standard InChI is InChI=1S/C26H26ClN3O5S/c1-15-6-7-16(23(28-15)35-5)14-30-24(31)21-19(27)12-13-20(22(21)25(30)32)29-36(33,34)18-10-8-17(9-11-18)26(2,3)4/h6-13,29H,14H2,1-5H3. The van der Waals surface area contributed by atoms with Crippen LogP contribution in [-0.2, 0) is 22.0 Å². The number of sulfonamides is 1. The van der Waals surface area contributed by atoms with Gasteiger partial charge in [0.2, 0.25) is 5.88 Å². The topological polar surface area (TPSA) is 106 Å². The van der Waals surface area contributed by atoms with Gasteiger partial charge in [0.05, 0.1) is 40.4 Å². The number of hydrogen-bond donors (Lipinski definition) is 1. The Kier molecular flexibility index (Phi) is 6.57. The fourth-order valence-corrected chi connectivity index (χ4v) is 5.28. The number of methoxy groups -OCH3 is 1. The lowest BCUT2D eigenvalue weighted by molar-refractivity contribution is 0.0641. The zero-order valence-electron chi connectivity index (χ0n) is 20.5. The van der Waals surface area contributed by atoms with Gasteiger partial charge in [-0.1, -0.05) is 50.6 Å². The van der Waals surface area contributed by atoms with Crippen LogP contribution < -0.4 is 9.46 Å². The van der Waals surface area contributed by atoms with E-state index >= 15 is 0 Å². The maximum Gasteiger partial charge on any atom is 0.264 e. The van der Waals surface area contributed by atoms with Crippen LogP contribution in [0.15, 0.2) is 53.4 Å². The van der Waals surface area contributed by atoms with Crippen molar-refractivity contribution < 1.29 is 22.7 Å². The van der Waals surface area contributed by atoms with Crippen LogP contribution in [-0.4, -0.2) is 37.2 Å². The molecule has 2 amide bonds. The average molecular weight is 528 g/mol. The van der Waals surface area contributed by atoms with Crippen LogP contribution in [0.5, 0.6) is 5.88 Å². The predicted molar refractivity (Wildman–Crippen MR) is 137 cm³/mol. The number of rotatable bonds is 6. The Morgan fingerprint density at radius 3 is 2.22 bits per heavy atom. The first-order chi connectivity index (χ1) is 16.8. The molecule has 0 spiro atoms. The number of pyridine rings is 1. The molecule has 0 unspecified atom stereocenters. The number of nitrogens with zero attached hydrogens (tertiary/aromatic N) is 2. The number of carbonyl (C=O) groups excluding carboxylic acids is 2. The lowest BCUT2D eigenvalue weighted by Crippen LogP contribution is -2.29. The first-order valence-corrected chi connectivity index (χ1v) is 13.0. The Morgan fingerprint density at radius 2 is 1.61 bits per heavy atom. The van der Waals surface area contributed by atoms with Crippen molar-refractivity contribution in [3.8, 4) is 5.88 Å². The van der Waals surface area contributed by atoms with Crippen LogP contribution in [0.3, 0.4) is 0 Å². The van der Waals surface area contributed by atoms with Gasteiger partial charge in [-0.25, -0.2) is 13.4 Å². The summed E-state index contributed by atoms with van der Waals surface area (Å²) in [7, 11) is -2.60. The van der Waals surface area contributed by atoms with Crippen molar-refractivity contribution >= 4 is 39.1 Å². The van der Waals surface area contributed by atoms with Gasteiger partial charge in [0, 0.05) is 11.3 Å². The molecule has 188 valence electrons. The molecule has 36 heavy (non-hydrogen) atoms. The molecule has 1 aliphatic rings. The summed E-state index contributed by atoms with van der Waals surface area (Å²) < 4.78 is 34.0. The van der Waals surface area contributed by atoms with Gasteiger partial charge in [0.25, 0.3) is 21.8 Å². The molecule has 0 bridgehead atoms. The molecule has 0 saturated carbocycles. The Hall–Kier alpha value is -3.43. The minimum atomic E-state index is -4.05. The molecule has 0 aliphatic carbocycles. The van der Waals surface area contributed by atoms with E-state index in [1.165, 1.54) is 31.4 Å². The summed E-state index contributed by atoms with van der Waals surface area (Å²) in [5.74, 6) is -1.00. The Morgan fingerprint density at radius 1 is 0.972 bits per heavy atom. The summed E-state index contributed by atoms with van der Waals surface area (Å²) in [5.41, 5.74) is 1.90. The first-order valence-electron chi connectivity index (χ1n) is 11.2. The highest BCUT2D eigenvalue weighted by Crippen LogP contribution is 2.37. The van der Waals surface area contributed by atoms with Gasteiger partial charge >= 0.3 is 0 Å². The van der Waals surface area contributed by atoms with Crippen LogP contribution in [0, 0.1) is 6.92 Å². The highest BCUT2D eigenvalue weighted by Gasteiger charge is 2.40. The highest BCUT2D eigenvalue weighted by atomic mass is 35.5. The Labute approximate surface area is 215 Å². The average Bonchev–Trinajstić information content (AvgIpc) is 3.07. The third-order valence-corrected chi connectivity index (χ3v) is 7.64. The number of imide groups is 1. The molecule has 4 rings (SSSR count). The summed E-state index contributed by atoms with van der Waals surface area (Å²) >= 11 is 6.28. The number of aryl methyl sites for hydroxylation is 1. The smallest absolute Gasteiger partial charge is 0.264 e. The van der Waals surface area contributed by atoms with E-state index in [4.69, 9.17) is 16.3 Å². The number of anilines is 1. The molecular weight excluding hydrogens is 502 g/mol. The maximum atomic E-state index is 13.4. The molecule has 0 fully saturated rings. The van der Waals surface area contributed by atoms with E-state index in [2.05, 4.69) is 9.71 Å². The van der Waals surface area contributed by atoms with Gasteiger partial charge in [-0.3, -0.25) is 19.2 Å². The number of fused-ring (bicyclic) bond motifs is 1. The number of carbonyl (C=O) groups is 2. The zero-order valence-corrected chi connectivity index (χ0v) is 22.1. The van der Waals surface area contributed by atoms with Crippen molar-refractivity contribution in [2.75, 3.05) is 11.8 Å². The number of ether oxygens (including phenoxy) is 1. The molecule has 0 atom stereocenters. The van der Waals surface area contributed by atoms with Gasteiger partial charge in [0.1, 0.15) is 0 Å². The van der Waals surface area contributed by atoms with Crippen molar-refractivity contribution in [1.82, 2.24) is 9.88 Å². The number of halogens is 1. The minimum absolute atomic E-state index is 0.0239. The van der Waals surface area contributed by atoms with Crippen molar-refractivity contribution in [2.45, 2.75) is 44.6 Å². The number of nitrogens with one attached hydrogen (secondary N) is 1. The fourth-order valence-electron chi connectivity index (χ4n) is 3.97. The molecule has 0 saturated heterocycles. The van der Waals surface area contributed by atoms with Crippen molar-refractivity contribution in [2.24, 2.45) is 0 Å².